The van der Waals surface area contributed by atoms with Gasteiger partial charge in [-0.25, -0.2) is 4.68 Å². The van der Waals surface area contributed by atoms with Crippen LogP contribution in [-0.2, 0) is 13.2 Å². The number of tetrazole rings is 1. The summed E-state index contributed by atoms with van der Waals surface area (Å²) in [6, 6.07) is 7.52. The number of methoxy groups -OCH3 is 1. The highest BCUT2D eigenvalue weighted by atomic mass is 16.5. The minimum atomic E-state index is 0.330. The van der Waals surface area contributed by atoms with Gasteiger partial charge in [-0.15, -0.1) is 5.10 Å². The van der Waals surface area contributed by atoms with Gasteiger partial charge in [0.05, 0.1) is 7.11 Å². The van der Waals surface area contributed by atoms with Crippen LogP contribution in [0.2, 0.25) is 0 Å². The number of benzene rings is 1. The molecule has 0 aliphatic carbocycles. The van der Waals surface area contributed by atoms with E-state index in [1.807, 2.05) is 24.3 Å². The zero-order valence-corrected chi connectivity index (χ0v) is 11.2. The van der Waals surface area contributed by atoms with Crippen molar-refractivity contribution in [3.8, 4) is 11.5 Å². The topological polar surface area (TPSA) is 62.1 Å². The normalized spacial score (nSPS) is 10.4. The van der Waals surface area contributed by atoms with Gasteiger partial charge in [0.1, 0.15) is 6.61 Å². The Morgan fingerprint density at radius 2 is 2.00 bits per heavy atom. The van der Waals surface area contributed by atoms with E-state index in [1.54, 1.807) is 11.8 Å². The minimum Gasteiger partial charge on any atom is -0.493 e. The van der Waals surface area contributed by atoms with E-state index >= 15 is 0 Å². The second kappa shape index (κ2) is 6.72. The number of unbranched alkanes of at least 4 members (excludes halogenated alkanes) is 1. The highest BCUT2D eigenvalue weighted by molar-refractivity contribution is 5.39. The van der Waals surface area contributed by atoms with Crippen LogP contribution in [0.5, 0.6) is 11.5 Å². The molecule has 0 aliphatic heterocycles. The first-order chi connectivity index (χ1) is 9.35. The van der Waals surface area contributed by atoms with E-state index < -0.39 is 0 Å². The number of hydrogen-bond donors (Lipinski definition) is 0. The average Bonchev–Trinajstić information content (AvgIpc) is 2.90. The van der Waals surface area contributed by atoms with Crippen LogP contribution in [0.1, 0.15) is 25.6 Å². The quantitative estimate of drug-likeness (QED) is 0.764. The van der Waals surface area contributed by atoms with Gasteiger partial charge in [-0.2, -0.15) is 0 Å². The van der Waals surface area contributed by atoms with Crippen LogP contribution >= 0.6 is 0 Å². The molecule has 0 saturated carbocycles. The maximum absolute atomic E-state index is 5.70. The summed E-state index contributed by atoms with van der Waals surface area (Å²) < 4.78 is 12.7. The highest BCUT2D eigenvalue weighted by Crippen LogP contribution is 2.26. The first-order valence-corrected chi connectivity index (χ1v) is 6.36. The Morgan fingerprint density at radius 1 is 1.21 bits per heavy atom. The third-order valence-corrected chi connectivity index (χ3v) is 2.76. The molecule has 0 N–H and O–H groups in total. The van der Waals surface area contributed by atoms with Crippen LogP contribution in [0.15, 0.2) is 24.3 Å². The van der Waals surface area contributed by atoms with E-state index in [1.165, 1.54) is 0 Å². The second-order valence-corrected chi connectivity index (χ2v) is 4.11. The Hall–Kier alpha value is -2.11. The van der Waals surface area contributed by atoms with Crippen LogP contribution < -0.4 is 9.47 Å². The summed E-state index contributed by atoms with van der Waals surface area (Å²) in [5.74, 6) is 2.12. The Morgan fingerprint density at radius 3 is 2.74 bits per heavy atom. The van der Waals surface area contributed by atoms with E-state index in [-0.39, 0.29) is 0 Å². The van der Waals surface area contributed by atoms with Crippen LogP contribution in [0.3, 0.4) is 0 Å². The summed E-state index contributed by atoms with van der Waals surface area (Å²) in [7, 11) is 1.62. The molecular formula is C13H18N4O2. The van der Waals surface area contributed by atoms with Gasteiger partial charge in [0.2, 0.25) is 0 Å². The number of aromatic nitrogens is 4. The van der Waals surface area contributed by atoms with Gasteiger partial charge in [0.15, 0.2) is 17.3 Å². The Bertz CT molecular complexity index is 513. The standard InChI is InChI=1S/C13H18N4O2/c1-3-4-9-17-13(14-15-16-17)10-19-12-8-6-5-7-11(12)18-2/h5-8H,3-4,9-10H2,1-2H3. The molecule has 102 valence electrons. The fourth-order valence-corrected chi connectivity index (χ4v) is 1.69. The minimum absolute atomic E-state index is 0.330. The average molecular weight is 262 g/mol. The Kier molecular flexibility index (Phi) is 4.72. The molecule has 2 rings (SSSR count). The summed E-state index contributed by atoms with van der Waals surface area (Å²) in [4.78, 5) is 0. The number of aryl methyl sites for hydroxylation is 1. The fraction of sp³-hybridized carbons (Fsp3) is 0.462. The van der Waals surface area contributed by atoms with E-state index in [0.29, 0.717) is 18.1 Å². The number of hydrogen-bond acceptors (Lipinski definition) is 5. The lowest BCUT2D eigenvalue weighted by molar-refractivity contribution is 0.268. The molecule has 0 aliphatic rings. The van der Waals surface area contributed by atoms with Crippen molar-refractivity contribution in [3.05, 3.63) is 30.1 Å². The Labute approximate surface area is 112 Å². The molecule has 0 unspecified atom stereocenters. The molecule has 0 fully saturated rings. The van der Waals surface area contributed by atoms with Gasteiger partial charge >= 0.3 is 0 Å². The third-order valence-electron chi connectivity index (χ3n) is 2.76. The molecule has 0 amide bonds. The molecule has 6 heteroatoms. The Balaban J connectivity index is 2.00. The lowest BCUT2D eigenvalue weighted by Crippen LogP contribution is -2.09. The van der Waals surface area contributed by atoms with E-state index in [0.717, 1.165) is 25.2 Å². The van der Waals surface area contributed by atoms with Crippen molar-refractivity contribution in [3.63, 3.8) is 0 Å². The van der Waals surface area contributed by atoms with E-state index in [2.05, 4.69) is 22.4 Å². The summed E-state index contributed by atoms with van der Waals surface area (Å²) in [5, 5.41) is 11.6. The van der Waals surface area contributed by atoms with Gasteiger partial charge in [-0.3, -0.25) is 0 Å². The molecule has 1 heterocycles. The summed E-state index contributed by atoms with van der Waals surface area (Å²) in [6.45, 7) is 3.28. The molecule has 2 aromatic rings. The SMILES string of the molecule is CCCCn1nnnc1COc1ccccc1OC. The summed E-state index contributed by atoms with van der Waals surface area (Å²) >= 11 is 0. The molecular weight excluding hydrogens is 244 g/mol. The largest absolute Gasteiger partial charge is 0.493 e. The molecule has 1 aromatic heterocycles. The second-order valence-electron chi connectivity index (χ2n) is 4.11. The third kappa shape index (κ3) is 3.43. The fourth-order valence-electron chi connectivity index (χ4n) is 1.69. The molecule has 0 atom stereocenters. The zero-order chi connectivity index (χ0) is 13.5. The number of para-hydroxylation sites is 2. The number of nitrogens with zero attached hydrogens (tertiary/aromatic N) is 4. The highest BCUT2D eigenvalue weighted by Gasteiger charge is 2.08. The molecule has 1 aromatic carbocycles. The maximum atomic E-state index is 5.70. The van der Waals surface area contributed by atoms with Crippen LogP contribution in [-0.4, -0.2) is 27.3 Å². The van der Waals surface area contributed by atoms with Crippen molar-refractivity contribution >= 4 is 0 Å². The van der Waals surface area contributed by atoms with E-state index in [4.69, 9.17) is 9.47 Å². The zero-order valence-electron chi connectivity index (χ0n) is 11.2. The molecule has 19 heavy (non-hydrogen) atoms. The molecule has 0 saturated heterocycles. The molecule has 0 spiro atoms. The molecule has 0 radical (unpaired) electrons. The number of ether oxygens (including phenoxy) is 2. The van der Waals surface area contributed by atoms with Gasteiger partial charge in [0.25, 0.3) is 0 Å². The van der Waals surface area contributed by atoms with Crippen LogP contribution in [0.25, 0.3) is 0 Å². The van der Waals surface area contributed by atoms with Crippen molar-refractivity contribution < 1.29 is 9.47 Å². The number of rotatable bonds is 7. The smallest absolute Gasteiger partial charge is 0.189 e. The lowest BCUT2D eigenvalue weighted by Gasteiger charge is -2.10. The first kappa shape index (κ1) is 13.3. The van der Waals surface area contributed by atoms with Crippen molar-refractivity contribution in [2.45, 2.75) is 32.9 Å². The van der Waals surface area contributed by atoms with Crippen molar-refractivity contribution in [2.75, 3.05) is 7.11 Å². The monoisotopic (exact) mass is 262 g/mol. The molecule has 6 nitrogen and oxygen atoms in total. The predicted octanol–water partition coefficient (Wildman–Crippen LogP) is 2.06. The van der Waals surface area contributed by atoms with Crippen molar-refractivity contribution in [1.82, 2.24) is 20.2 Å². The summed E-state index contributed by atoms with van der Waals surface area (Å²) in [5.41, 5.74) is 0. The molecule has 0 bridgehead atoms. The predicted molar refractivity (Wildman–Crippen MR) is 70.1 cm³/mol. The first-order valence-electron chi connectivity index (χ1n) is 6.36. The van der Waals surface area contributed by atoms with Gasteiger partial charge in [0, 0.05) is 6.54 Å². The van der Waals surface area contributed by atoms with E-state index in [9.17, 15) is 0 Å². The van der Waals surface area contributed by atoms with Crippen molar-refractivity contribution in [1.29, 1.82) is 0 Å². The van der Waals surface area contributed by atoms with Crippen LogP contribution in [0.4, 0.5) is 0 Å². The summed E-state index contributed by atoms with van der Waals surface area (Å²) in [6.07, 6.45) is 2.15. The van der Waals surface area contributed by atoms with Gasteiger partial charge in [-0.05, 0) is 29.0 Å². The van der Waals surface area contributed by atoms with Gasteiger partial charge in [-0.1, -0.05) is 25.5 Å². The van der Waals surface area contributed by atoms with Gasteiger partial charge < -0.3 is 9.47 Å². The van der Waals surface area contributed by atoms with Crippen LogP contribution in [0, 0.1) is 0 Å². The van der Waals surface area contributed by atoms with Crippen molar-refractivity contribution in [2.24, 2.45) is 0 Å². The maximum Gasteiger partial charge on any atom is 0.189 e. The lowest BCUT2D eigenvalue weighted by atomic mass is 10.3.